The van der Waals surface area contributed by atoms with E-state index in [4.69, 9.17) is 4.74 Å². The molecule has 0 bridgehead atoms. The van der Waals surface area contributed by atoms with Gasteiger partial charge in [0.05, 0.1) is 18.0 Å². The van der Waals surface area contributed by atoms with Crippen LogP contribution in [0.2, 0.25) is 0 Å². The molecule has 0 saturated heterocycles. The molecule has 1 aliphatic heterocycles. The smallest absolute Gasteiger partial charge is 0.323 e. The van der Waals surface area contributed by atoms with E-state index < -0.39 is 43.2 Å². The summed E-state index contributed by atoms with van der Waals surface area (Å²) in [6, 6.07) is 10.6. The minimum Gasteiger partial charge on any atom is -0.497 e. The fourth-order valence-corrected chi connectivity index (χ4v) is 6.03. The second kappa shape index (κ2) is 11.0. The lowest BCUT2D eigenvalue weighted by molar-refractivity contribution is -0.142. The third-order valence-electron chi connectivity index (χ3n) is 5.24. The van der Waals surface area contributed by atoms with E-state index in [0.717, 1.165) is 6.08 Å². The largest absolute Gasteiger partial charge is 0.497 e. The van der Waals surface area contributed by atoms with Gasteiger partial charge < -0.3 is 9.84 Å². The van der Waals surface area contributed by atoms with Gasteiger partial charge in [-0.2, -0.15) is 4.31 Å². The van der Waals surface area contributed by atoms with Gasteiger partial charge in [0.2, 0.25) is 10.0 Å². The third kappa shape index (κ3) is 6.22. The Morgan fingerprint density at radius 1 is 1.03 bits per heavy atom. The predicted octanol–water partition coefficient (Wildman–Crippen LogP) is 1.63. The number of carboxylic acid groups (broad SMARTS) is 1. The van der Waals surface area contributed by atoms with Gasteiger partial charge in [0.15, 0.2) is 0 Å². The number of methoxy groups -OCH3 is 1. The number of nitrogens with one attached hydrogen (secondary N) is 1. The molecular formula is C23H24N2O8S2. The highest BCUT2D eigenvalue weighted by molar-refractivity contribution is 8.04. The monoisotopic (exact) mass is 520 g/mol. The summed E-state index contributed by atoms with van der Waals surface area (Å²) in [5.74, 6) is -1.16. The Balaban J connectivity index is 1.89. The summed E-state index contributed by atoms with van der Waals surface area (Å²) < 4.78 is 59.8. The lowest BCUT2D eigenvalue weighted by Gasteiger charge is -2.31. The lowest BCUT2D eigenvalue weighted by Crippen LogP contribution is -2.57. The topological polar surface area (TPSA) is 147 Å². The molecule has 0 aliphatic carbocycles. The van der Waals surface area contributed by atoms with Gasteiger partial charge in [-0.15, -0.1) is 0 Å². The van der Waals surface area contributed by atoms with E-state index in [0.29, 0.717) is 15.6 Å². The van der Waals surface area contributed by atoms with Crippen molar-refractivity contribution in [3.05, 3.63) is 78.4 Å². The van der Waals surface area contributed by atoms with Crippen molar-refractivity contribution in [2.24, 2.45) is 0 Å². The van der Waals surface area contributed by atoms with Gasteiger partial charge in [-0.05, 0) is 42.3 Å². The zero-order valence-electron chi connectivity index (χ0n) is 18.6. The number of carbonyl (C=O) groups excluding carboxylic acids is 1. The maximum Gasteiger partial charge on any atom is 0.323 e. The fraction of sp³-hybridized carbons (Fsp3) is 0.217. The summed E-state index contributed by atoms with van der Waals surface area (Å²) in [6.45, 7) is -0.300. The second-order valence-corrected chi connectivity index (χ2v) is 11.1. The molecule has 12 heteroatoms. The summed E-state index contributed by atoms with van der Waals surface area (Å²) in [5.41, 5.74) is 0.591. The van der Waals surface area contributed by atoms with Crippen LogP contribution in [0.3, 0.4) is 0 Å². The Kier molecular flexibility index (Phi) is 8.22. The van der Waals surface area contributed by atoms with E-state index >= 15 is 0 Å². The van der Waals surface area contributed by atoms with Crippen molar-refractivity contribution in [3.8, 4) is 5.75 Å². The lowest BCUT2D eigenvalue weighted by atomic mass is 10.1. The van der Waals surface area contributed by atoms with Crippen LogP contribution in [-0.2, 0) is 29.6 Å². The average Bonchev–Trinajstić information content (AvgIpc) is 3.05. The summed E-state index contributed by atoms with van der Waals surface area (Å²) in [6.07, 6.45) is 4.93. The Labute approximate surface area is 203 Å². The molecule has 2 unspecified atom stereocenters. The van der Waals surface area contributed by atoms with Crippen LogP contribution >= 0.6 is 0 Å². The Morgan fingerprint density at radius 2 is 1.69 bits per heavy atom. The highest BCUT2D eigenvalue weighted by Crippen LogP contribution is 2.25. The number of sulfonamides is 2. The molecule has 0 saturated carbocycles. The number of rotatable bonds is 8. The quantitative estimate of drug-likeness (QED) is 0.394. The molecule has 1 heterocycles. The molecule has 0 aromatic heterocycles. The van der Waals surface area contributed by atoms with E-state index in [9.17, 15) is 31.5 Å². The molecule has 2 atom stereocenters. The van der Waals surface area contributed by atoms with Crippen molar-refractivity contribution in [1.82, 2.24) is 9.03 Å². The third-order valence-corrected chi connectivity index (χ3v) is 8.38. The molecule has 2 N–H and O–H groups in total. The fourth-order valence-electron chi connectivity index (χ4n) is 3.48. The summed E-state index contributed by atoms with van der Waals surface area (Å²) in [5, 5.41) is 8.61. The van der Waals surface area contributed by atoms with Crippen LogP contribution in [0.25, 0.3) is 6.08 Å². The number of aliphatic carboxylic acids is 1. The number of hydrogen-bond acceptors (Lipinski definition) is 7. The molecule has 0 radical (unpaired) electrons. The first-order chi connectivity index (χ1) is 16.6. The van der Waals surface area contributed by atoms with Crippen LogP contribution in [0.5, 0.6) is 5.75 Å². The number of hydrogen-bond donors (Lipinski definition) is 2. The van der Waals surface area contributed by atoms with Crippen LogP contribution < -0.4 is 9.46 Å². The molecule has 2 aromatic carbocycles. The molecule has 2 aromatic rings. The van der Waals surface area contributed by atoms with Gasteiger partial charge in [-0.3, -0.25) is 9.59 Å². The molecular weight excluding hydrogens is 496 g/mol. The van der Waals surface area contributed by atoms with Gasteiger partial charge in [0.1, 0.15) is 11.8 Å². The number of carbonyl (C=O) groups is 2. The SMILES string of the molecule is COc1ccc(S(=O)(=O)N2CC=CCC(NS(=O)(=O)C(=O)C=Cc3ccccc3)C2C(=O)O)cc1. The summed E-state index contributed by atoms with van der Waals surface area (Å²) in [4.78, 5) is 24.4. The maximum atomic E-state index is 13.3. The maximum absolute atomic E-state index is 13.3. The highest BCUT2D eigenvalue weighted by Gasteiger charge is 2.43. The van der Waals surface area contributed by atoms with E-state index in [1.54, 1.807) is 30.3 Å². The minimum atomic E-state index is -4.67. The molecule has 0 amide bonds. The highest BCUT2D eigenvalue weighted by atomic mass is 32.2. The molecule has 3 rings (SSSR count). The normalized spacial score (nSPS) is 19.3. The van der Waals surface area contributed by atoms with E-state index in [1.807, 2.05) is 0 Å². The standard InChI is InChI=1S/C23H24N2O8S2/c1-33-18-11-13-19(14-12-18)35(31,32)25-16-6-5-9-20(22(25)23(27)28)24-34(29,30)21(26)15-10-17-7-3-2-4-8-17/h2-8,10-15,20,22,24H,9,16H2,1H3,(H,27,28). The van der Waals surface area contributed by atoms with Crippen molar-refractivity contribution < 1.29 is 36.3 Å². The van der Waals surface area contributed by atoms with Crippen LogP contribution in [-0.4, -0.2) is 63.1 Å². The molecule has 0 fully saturated rings. The Hall–Kier alpha value is -3.32. The van der Waals surface area contributed by atoms with Crippen LogP contribution in [0.1, 0.15) is 12.0 Å². The van der Waals surface area contributed by atoms with E-state index in [2.05, 4.69) is 4.72 Å². The van der Waals surface area contributed by atoms with Gasteiger partial charge in [0, 0.05) is 6.54 Å². The molecule has 35 heavy (non-hydrogen) atoms. The van der Waals surface area contributed by atoms with Crippen molar-refractivity contribution in [1.29, 1.82) is 0 Å². The van der Waals surface area contributed by atoms with Crippen LogP contribution in [0, 0.1) is 0 Å². The molecule has 1 aliphatic rings. The zero-order chi connectivity index (χ0) is 25.6. The number of ether oxygens (including phenoxy) is 1. The Bertz CT molecular complexity index is 1340. The first-order valence-corrected chi connectivity index (χ1v) is 13.3. The van der Waals surface area contributed by atoms with Crippen LogP contribution in [0.15, 0.2) is 77.7 Å². The van der Waals surface area contributed by atoms with Gasteiger partial charge in [-0.1, -0.05) is 48.6 Å². The van der Waals surface area contributed by atoms with Crippen LogP contribution in [0.4, 0.5) is 0 Å². The summed E-state index contributed by atoms with van der Waals surface area (Å²) in [7, 11) is -7.60. The van der Waals surface area contributed by atoms with Gasteiger partial charge in [0.25, 0.3) is 15.1 Å². The van der Waals surface area contributed by atoms with Crippen molar-refractivity contribution >= 4 is 37.2 Å². The second-order valence-electron chi connectivity index (χ2n) is 7.53. The predicted molar refractivity (Wildman–Crippen MR) is 128 cm³/mol. The first kappa shape index (κ1) is 26.3. The number of benzene rings is 2. The van der Waals surface area contributed by atoms with Gasteiger partial charge >= 0.3 is 5.97 Å². The summed E-state index contributed by atoms with van der Waals surface area (Å²) >= 11 is 0. The van der Waals surface area contributed by atoms with E-state index in [1.165, 1.54) is 49.6 Å². The van der Waals surface area contributed by atoms with Crippen molar-refractivity contribution in [2.45, 2.75) is 23.4 Å². The minimum absolute atomic E-state index is 0.138. The first-order valence-electron chi connectivity index (χ1n) is 10.4. The number of carboxylic acids is 1. The van der Waals surface area contributed by atoms with Crippen molar-refractivity contribution in [3.63, 3.8) is 0 Å². The molecule has 0 spiro atoms. The Morgan fingerprint density at radius 3 is 2.29 bits per heavy atom. The van der Waals surface area contributed by atoms with Gasteiger partial charge in [-0.25, -0.2) is 21.6 Å². The average molecular weight is 521 g/mol. The molecule has 186 valence electrons. The van der Waals surface area contributed by atoms with Crippen molar-refractivity contribution in [2.75, 3.05) is 13.7 Å². The zero-order valence-corrected chi connectivity index (χ0v) is 20.3. The van der Waals surface area contributed by atoms with E-state index in [-0.39, 0.29) is 17.9 Å². The molecule has 10 nitrogen and oxygen atoms in total. The number of nitrogens with zero attached hydrogens (tertiary/aromatic N) is 1.